The van der Waals surface area contributed by atoms with Gasteiger partial charge < -0.3 is 14.6 Å². The molecular weight excluding hydrogens is 625 g/mol. The Morgan fingerprint density at radius 3 is 2.07 bits per heavy atom. The van der Waals surface area contributed by atoms with Crippen LogP contribution in [0.25, 0.3) is 11.1 Å². The van der Waals surface area contributed by atoms with Crippen LogP contribution in [0, 0.1) is 5.82 Å². The van der Waals surface area contributed by atoms with Crippen molar-refractivity contribution in [3.05, 3.63) is 87.2 Å². The minimum Gasteiger partial charge on any atom is -0.496 e. The van der Waals surface area contributed by atoms with Crippen molar-refractivity contribution < 1.29 is 54.9 Å². The quantitative estimate of drug-likeness (QED) is 0.269. The highest BCUT2D eigenvalue weighted by Gasteiger charge is 2.43. The third-order valence-electron chi connectivity index (χ3n) is 8.32. The summed E-state index contributed by atoms with van der Waals surface area (Å²) in [6.45, 7) is 4.93. The number of methoxy groups -OCH3 is 1. The summed E-state index contributed by atoms with van der Waals surface area (Å²) in [5.41, 5.74) is -0.496. The van der Waals surface area contributed by atoms with E-state index >= 15 is 0 Å². The van der Waals surface area contributed by atoms with Crippen molar-refractivity contribution in [2.45, 2.75) is 70.8 Å². The molecule has 2 aliphatic rings. The molecular formula is C32H29F7N2O5. The Morgan fingerprint density at radius 2 is 1.54 bits per heavy atom. The maximum Gasteiger partial charge on any atom is 0.416 e. The van der Waals surface area contributed by atoms with Crippen molar-refractivity contribution in [1.29, 1.82) is 0 Å². The number of rotatable bonds is 6. The van der Waals surface area contributed by atoms with Gasteiger partial charge in [-0.2, -0.15) is 26.3 Å². The lowest BCUT2D eigenvalue weighted by molar-refractivity contribution is -0.143. The van der Waals surface area contributed by atoms with Gasteiger partial charge in [0, 0.05) is 24.7 Å². The van der Waals surface area contributed by atoms with Crippen LogP contribution in [0.5, 0.6) is 5.75 Å². The number of nitrogens with zero attached hydrogens (tertiary/aromatic N) is 2. The molecule has 0 bridgehead atoms. The summed E-state index contributed by atoms with van der Waals surface area (Å²) in [6, 6.07) is 6.28. The molecule has 3 aromatic carbocycles. The molecule has 0 aliphatic carbocycles. The Hall–Kier alpha value is -4.49. The summed E-state index contributed by atoms with van der Waals surface area (Å²) in [7, 11) is 1.35. The van der Waals surface area contributed by atoms with Gasteiger partial charge in [-0.3, -0.25) is 9.80 Å². The van der Waals surface area contributed by atoms with Gasteiger partial charge in [0.15, 0.2) is 0 Å². The van der Waals surface area contributed by atoms with E-state index in [4.69, 9.17) is 9.47 Å². The largest absolute Gasteiger partial charge is 0.496 e. The van der Waals surface area contributed by atoms with Gasteiger partial charge >= 0.3 is 24.5 Å². The molecule has 0 spiro atoms. The molecule has 1 saturated heterocycles. The number of carboxylic acid groups (broad SMARTS) is 1. The lowest BCUT2D eigenvalue weighted by Crippen LogP contribution is -2.31. The number of halogens is 7. The molecule has 0 radical (unpaired) electrons. The van der Waals surface area contributed by atoms with Crippen molar-refractivity contribution in [2.75, 3.05) is 7.11 Å². The minimum atomic E-state index is -5.09. The molecule has 2 heterocycles. The Labute approximate surface area is 259 Å². The summed E-state index contributed by atoms with van der Waals surface area (Å²) in [5, 5.41) is 9.58. The van der Waals surface area contributed by atoms with Crippen molar-refractivity contribution in [1.82, 2.24) is 9.80 Å². The number of hydrogen-bond acceptors (Lipinski definition) is 4. The average Bonchev–Trinajstić information content (AvgIpc) is 3.51. The van der Waals surface area contributed by atoms with Gasteiger partial charge in [-0.05, 0) is 76.6 Å². The molecule has 2 atom stereocenters. The first-order valence-electron chi connectivity index (χ1n) is 14.2. The fourth-order valence-electron chi connectivity index (χ4n) is 5.90. The van der Waals surface area contributed by atoms with Crippen LogP contribution in [-0.2, 0) is 36.7 Å². The standard InChI is InChI=1S/C32H29F7N2O5/c1-15(2)23-10-25(27(45-4)11-26(23)33)24-8-19-13-40(29(42)43)12-18(19)5-20(24)14-41-16(3)28(46-30(41)44)17-6-21(31(34,35)36)9-22(7-17)32(37,38)39/h5-11,15-16,28H,12-14H2,1-4H3,(H,42,43)/t16-,28-/m0/s1. The number of alkyl halides is 6. The average molecular weight is 655 g/mol. The van der Waals surface area contributed by atoms with Crippen LogP contribution in [0.1, 0.15) is 71.7 Å². The molecule has 7 nitrogen and oxygen atoms in total. The van der Waals surface area contributed by atoms with Gasteiger partial charge in [-0.1, -0.05) is 19.9 Å². The first kappa shape index (κ1) is 32.9. The number of hydrogen-bond donors (Lipinski definition) is 1. The molecule has 0 aromatic heterocycles. The zero-order valence-electron chi connectivity index (χ0n) is 25.0. The van der Waals surface area contributed by atoms with Gasteiger partial charge in [0.1, 0.15) is 17.7 Å². The number of benzene rings is 3. The lowest BCUT2D eigenvalue weighted by Gasteiger charge is -2.24. The Balaban J connectivity index is 1.59. The zero-order valence-corrected chi connectivity index (χ0v) is 25.0. The van der Waals surface area contributed by atoms with Crippen molar-refractivity contribution in [2.24, 2.45) is 0 Å². The molecule has 0 unspecified atom stereocenters. The van der Waals surface area contributed by atoms with Crippen molar-refractivity contribution in [3.63, 3.8) is 0 Å². The van der Waals surface area contributed by atoms with Gasteiger partial charge in [0.25, 0.3) is 0 Å². The molecule has 2 aliphatic heterocycles. The van der Waals surface area contributed by atoms with E-state index < -0.39 is 59.2 Å². The predicted octanol–water partition coefficient (Wildman–Crippen LogP) is 8.74. The third-order valence-corrected chi connectivity index (χ3v) is 8.32. The number of amides is 2. The van der Waals surface area contributed by atoms with Crippen LogP contribution in [-0.4, -0.2) is 40.2 Å². The molecule has 1 fully saturated rings. The van der Waals surface area contributed by atoms with E-state index in [9.17, 15) is 45.4 Å². The highest BCUT2D eigenvalue weighted by Crippen LogP contribution is 2.43. The van der Waals surface area contributed by atoms with E-state index in [2.05, 4.69) is 0 Å². The molecule has 46 heavy (non-hydrogen) atoms. The van der Waals surface area contributed by atoms with Crippen molar-refractivity contribution in [3.8, 4) is 16.9 Å². The van der Waals surface area contributed by atoms with Gasteiger partial charge in [0.2, 0.25) is 0 Å². The highest BCUT2D eigenvalue weighted by molar-refractivity contribution is 5.78. The molecule has 14 heteroatoms. The lowest BCUT2D eigenvalue weighted by atomic mass is 9.90. The van der Waals surface area contributed by atoms with E-state index in [0.29, 0.717) is 45.5 Å². The van der Waals surface area contributed by atoms with Gasteiger partial charge in [-0.25, -0.2) is 14.0 Å². The Kier molecular flexibility index (Phi) is 8.37. The maximum absolute atomic E-state index is 14.9. The van der Waals surface area contributed by atoms with Crippen LogP contribution in [0.4, 0.5) is 40.3 Å². The van der Waals surface area contributed by atoms with Crippen LogP contribution in [0.2, 0.25) is 0 Å². The second-order valence-electron chi connectivity index (χ2n) is 11.7. The van der Waals surface area contributed by atoms with E-state index in [1.807, 2.05) is 0 Å². The van der Waals surface area contributed by atoms with Crippen LogP contribution >= 0.6 is 0 Å². The van der Waals surface area contributed by atoms with E-state index in [1.165, 1.54) is 29.9 Å². The van der Waals surface area contributed by atoms with Crippen LogP contribution in [0.3, 0.4) is 0 Å². The molecule has 5 rings (SSSR count). The monoisotopic (exact) mass is 654 g/mol. The summed E-state index contributed by atoms with van der Waals surface area (Å²) < 4.78 is 107. The number of carbonyl (C=O) groups is 2. The zero-order chi connectivity index (χ0) is 33.9. The summed E-state index contributed by atoms with van der Waals surface area (Å²) in [6.07, 6.45) is -13.8. The molecule has 3 aromatic rings. The first-order chi connectivity index (χ1) is 21.4. The van der Waals surface area contributed by atoms with E-state index in [0.717, 1.165) is 0 Å². The fraction of sp³-hybridized carbons (Fsp3) is 0.375. The second kappa shape index (κ2) is 11.7. The second-order valence-corrected chi connectivity index (χ2v) is 11.7. The molecule has 246 valence electrons. The van der Waals surface area contributed by atoms with Crippen LogP contribution < -0.4 is 4.74 Å². The molecule has 2 amide bonds. The molecule has 0 saturated carbocycles. The van der Waals surface area contributed by atoms with E-state index in [1.54, 1.807) is 32.0 Å². The predicted molar refractivity (Wildman–Crippen MR) is 150 cm³/mol. The fourth-order valence-corrected chi connectivity index (χ4v) is 5.90. The van der Waals surface area contributed by atoms with E-state index in [-0.39, 0.29) is 37.4 Å². The summed E-state index contributed by atoms with van der Waals surface area (Å²) in [4.78, 5) is 27.2. The Morgan fingerprint density at radius 1 is 0.957 bits per heavy atom. The van der Waals surface area contributed by atoms with Gasteiger partial charge in [0.05, 0.1) is 30.8 Å². The number of fused-ring (bicyclic) bond motifs is 1. The van der Waals surface area contributed by atoms with Crippen LogP contribution in [0.15, 0.2) is 42.5 Å². The number of ether oxygens (including phenoxy) is 2. The van der Waals surface area contributed by atoms with Gasteiger partial charge in [-0.15, -0.1) is 0 Å². The SMILES string of the molecule is COc1cc(F)c(C(C)C)cc1-c1cc2c(cc1CN1C(=O)O[C@H](c3cc(C(F)(F)F)cc(C(F)(F)F)c3)[C@@H]1C)CN(C(=O)O)C2. The smallest absolute Gasteiger partial charge is 0.416 e. The highest BCUT2D eigenvalue weighted by atomic mass is 19.4. The number of carbonyl (C=O) groups excluding carboxylic acids is 1. The third kappa shape index (κ3) is 6.16. The topological polar surface area (TPSA) is 79.3 Å². The summed E-state index contributed by atoms with van der Waals surface area (Å²) >= 11 is 0. The molecule has 1 N–H and O–H groups in total. The minimum absolute atomic E-state index is 0.00143. The number of cyclic esters (lactones) is 1. The normalized spacial score (nSPS) is 18.3. The van der Waals surface area contributed by atoms with Crippen molar-refractivity contribution >= 4 is 12.2 Å². The Bertz CT molecular complexity index is 1670. The maximum atomic E-state index is 14.9. The first-order valence-corrected chi connectivity index (χ1v) is 14.2. The summed E-state index contributed by atoms with van der Waals surface area (Å²) in [5.74, 6) is -0.572.